The Labute approximate surface area is 107 Å². The van der Waals surface area contributed by atoms with Gasteiger partial charge in [-0.15, -0.1) is 5.10 Å². The van der Waals surface area contributed by atoms with E-state index in [2.05, 4.69) is 39.8 Å². The zero-order valence-corrected chi connectivity index (χ0v) is 10.5. The number of rotatable bonds is 7. The molecule has 1 heterocycles. The van der Waals surface area contributed by atoms with E-state index in [0.29, 0.717) is 0 Å². The molecule has 0 aliphatic heterocycles. The third-order valence-electron chi connectivity index (χ3n) is 2.91. The Balaban J connectivity index is 1.87. The van der Waals surface area contributed by atoms with Crippen molar-refractivity contribution in [3.8, 4) is 0 Å². The molecule has 96 valence electrons. The number of nitrogens with two attached hydrogens (primary N) is 1. The van der Waals surface area contributed by atoms with Crippen LogP contribution in [0.2, 0.25) is 0 Å². The summed E-state index contributed by atoms with van der Waals surface area (Å²) in [5, 5.41) is 11.8. The zero-order valence-electron chi connectivity index (χ0n) is 10.5. The molecule has 0 radical (unpaired) electrons. The molecule has 2 rings (SSSR count). The molecule has 0 saturated carbocycles. The Morgan fingerprint density at radius 3 is 2.67 bits per heavy atom. The minimum atomic E-state index is 0.724. The van der Waals surface area contributed by atoms with Crippen LogP contribution in [0.4, 0.5) is 0 Å². The quantitative estimate of drug-likeness (QED) is 0.744. The highest BCUT2D eigenvalue weighted by molar-refractivity contribution is 5.15. The highest BCUT2D eigenvalue weighted by atomic mass is 15.5. The Morgan fingerprint density at radius 2 is 1.89 bits per heavy atom. The first kappa shape index (κ1) is 12.7. The van der Waals surface area contributed by atoms with E-state index in [4.69, 9.17) is 5.73 Å². The molecular formula is C13H19N5. The number of unbranched alkanes of at least 4 members (excludes halogenated alkanes) is 1. The maximum absolute atomic E-state index is 5.48. The number of benzene rings is 1. The smallest absolute Gasteiger partial charge is 0.151 e. The average molecular weight is 245 g/mol. The summed E-state index contributed by atoms with van der Waals surface area (Å²) in [6.07, 6.45) is 3.88. The van der Waals surface area contributed by atoms with Gasteiger partial charge in [0, 0.05) is 13.0 Å². The van der Waals surface area contributed by atoms with Gasteiger partial charge in [-0.2, -0.15) is 0 Å². The molecule has 18 heavy (non-hydrogen) atoms. The normalized spacial score (nSPS) is 10.7. The Hall–Kier alpha value is -1.75. The van der Waals surface area contributed by atoms with Crippen molar-refractivity contribution >= 4 is 0 Å². The van der Waals surface area contributed by atoms with Crippen LogP contribution < -0.4 is 5.73 Å². The van der Waals surface area contributed by atoms with E-state index in [1.807, 2.05) is 10.7 Å². The third-order valence-corrected chi connectivity index (χ3v) is 2.91. The van der Waals surface area contributed by atoms with Crippen molar-refractivity contribution in [2.24, 2.45) is 5.73 Å². The van der Waals surface area contributed by atoms with Crippen LogP contribution in [0.15, 0.2) is 30.3 Å². The van der Waals surface area contributed by atoms with E-state index in [1.54, 1.807) is 0 Å². The number of aryl methyl sites for hydroxylation is 3. The maximum atomic E-state index is 5.48. The van der Waals surface area contributed by atoms with E-state index >= 15 is 0 Å². The van der Waals surface area contributed by atoms with Crippen LogP contribution in [0.5, 0.6) is 0 Å². The van der Waals surface area contributed by atoms with E-state index in [0.717, 1.165) is 44.6 Å². The second kappa shape index (κ2) is 6.86. The molecular weight excluding hydrogens is 226 g/mol. The predicted octanol–water partition coefficient (Wildman–Crippen LogP) is 1.20. The van der Waals surface area contributed by atoms with Gasteiger partial charge in [-0.1, -0.05) is 30.3 Å². The molecule has 0 aliphatic carbocycles. The molecule has 0 fully saturated rings. The van der Waals surface area contributed by atoms with E-state index in [9.17, 15) is 0 Å². The molecule has 5 nitrogen and oxygen atoms in total. The van der Waals surface area contributed by atoms with Gasteiger partial charge >= 0.3 is 0 Å². The largest absolute Gasteiger partial charge is 0.330 e. The van der Waals surface area contributed by atoms with Gasteiger partial charge in [0.1, 0.15) is 0 Å². The van der Waals surface area contributed by atoms with Crippen LogP contribution in [0, 0.1) is 0 Å². The van der Waals surface area contributed by atoms with Gasteiger partial charge in [-0.3, -0.25) is 0 Å². The minimum absolute atomic E-state index is 0.724. The second-order valence-corrected chi connectivity index (χ2v) is 4.30. The SMILES string of the molecule is NCCCCn1nnnc1CCc1ccccc1. The average Bonchev–Trinajstić information content (AvgIpc) is 2.86. The van der Waals surface area contributed by atoms with Gasteiger partial charge in [0.15, 0.2) is 5.82 Å². The Bertz CT molecular complexity index is 451. The molecule has 0 amide bonds. The third kappa shape index (κ3) is 3.63. The van der Waals surface area contributed by atoms with Crippen LogP contribution in [-0.2, 0) is 19.4 Å². The predicted molar refractivity (Wildman–Crippen MR) is 70.0 cm³/mol. The number of nitrogens with zero attached hydrogens (tertiary/aromatic N) is 4. The summed E-state index contributed by atoms with van der Waals surface area (Å²) in [5.41, 5.74) is 6.79. The number of hydrogen-bond donors (Lipinski definition) is 1. The summed E-state index contributed by atoms with van der Waals surface area (Å²) in [6.45, 7) is 1.58. The van der Waals surface area contributed by atoms with Crippen LogP contribution in [0.3, 0.4) is 0 Å². The molecule has 0 bridgehead atoms. The fourth-order valence-electron chi connectivity index (χ4n) is 1.88. The van der Waals surface area contributed by atoms with E-state index in [1.165, 1.54) is 5.56 Å². The number of tetrazole rings is 1. The first-order valence-electron chi connectivity index (χ1n) is 6.39. The molecule has 0 saturated heterocycles. The standard InChI is InChI=1S/C13H19N5/c14-10-4-5-11-18-13(15-16-17-18)9-8-12-6-2-1-3-7-12/h1-3,6-7H,4-5,8-11,14H2. The van der Waals surface area contributed by atoms with Crippen molar-refractivity contribution in [3.63, 3.8) is 0 Å². The maximum Gasteiger partial charge on any atom is 0.151 e. The summed E-state index contributed by atoms with van der Waals surface area (Å²) in [4.78, 5) is 0. The van der Waals surface area contributed by atoms with Gasteiger partial charge in [-0.05, 0) is 41.8 Å². The summed E-state index contributed by atoms with van der Waals surface area (Å²) in [6, 6.07) is 10.4. The molecule has 0 aliphatic rings. The van der Waals surface area contributed by atoms with Crippen molar-refractivity contribution < 1.29 is 0 Å². The van der Waals surface area contributed by atoms with Gasteiger partial charge in [0.05, 0.1) is 0 Å². The molecule has 1 aromatic heterocycles. The van der Waals surface area contributed by atoms with E-state index < -0.39 is 0 Å². The van der Waals surface area contributed by atoms with Crippen LogP contribution in [-0.4, -0.2) is 26.8 Å². The van der Waals surface area contributed by atoms with Crippen molar-refractivity contribution in [2.45, 2.75) is 32.2 Å². The molecule has 2 aromatic rings. The second-order valence-electron chi connectivity index (χ2n) is 4.30. The van der Waals surface area contributed by atoms with Gasteiger partial charge < -0.3 is 5.73 Å². The monoisotopic (exact) mass is 245 g/mol. The lowest BCUT2D eigenvalue weighted by Crippen LogP contribution is -2.09. The number of aromatic nitrogens is 4. The lowest BCUT2D eigenvalue weighted by atomic mass is 10.1. The van der Waals surface area contributed by atoms with Gasteiger partial charge in [0.2, 0.25) is 0 Å². The lowest BCUT2D eigenvalue weighted by Gasteiger charge is -2.04. The summed E-state index contributed by atoms with van der Waals surface area (Å²) in [5.74, 6) is 0.955. The fraction of sp³-hybridized carbons (Fsp3) is 0.462. The lowest BCUT2D eigenvalue weighted by molar-refractivity contribution is 0.524. The first-order valence-corrected chi connectivity index (χ1v) is 6.39. The van der Waals surface area contributed by atoms with Crippen LogP contribution in [0.1, 0.15) is 24.2 Å². The highest BCUT2D eigenvalue weighted by Crippen LogP contribution is 2.05. The van der Waals surface area contributed by atoms with Crippen molar-refractivity contribution in [1.82, 2.24) is 20.2 Å². The molecule has 2 N–H and O–H groups in total. The van der Waals surface area contributed by atoms with E-state index in [-0.39, 0.29) is 0 Å². The number of hydrogen-bond acceptors (Lipinski definition) is 4. The fourth-order valence-corrected chi connectivity index (χ4v) is 1.88. The summed E-state index contributed by atoms with van der Waals surface area (Å²) >= 11 is 0. The Kier molecular flexibility index (Phi) is 4.84. The molecule has 0 atom stereocenters. The zero-order chi connectivity index (χ0) is 12.6. The topological polar surface area (TPSA) is 69.6 Å². The minimum Gasteiger partial charge on any atom is -0.330 e. The van der Waals surface area contributed by atoms with Crippen LogP contribution >= 0.6 is 0 Å². The molecule has 5 heteroatoms. The highest BCUT2D eigenvalue weighted by Gasteiger charge is 2.05. The summed E-state index contributed by atoms with van der Waals surface area (Å²) in [7, 11) is 0. The first-order chi connectivity index (χ1) is 8.90. The molecule has 0 spiro atoms. The Morgan fingerprint density at radius 1 is 1.06 bits per heavy atom. The van der Waals surface area contributed by atoms with Crippen molar-refractivity contribution in [2.75, 3.05) is 6.54 Å². The van der Waals surface area contributed by atoms with Crippen LogP contribution in [0.25, 0.3) is 0 Å². The van der Waals surface area contributed by atoms with Gasteiger partial charge in [-0.25, -0.2) is 4.68 Å². The van der Waals surface area contributed by atoms with Gasteiger partial charge in [0.25, 0.3) is 0 Å². The van der Waals surface area contributed by atoms with Crippen molar-refractivity contribution in [1.29, 1.82) is 0 Å². The molecule has 0 unspecified atom stereocenters. The van der Waals surface area contributed by atoms with Crippen molar-refractivity contribution in [3.05, 3.63) is 41.7 Å². The molecule has 1 aromatic carbocycles. The summed E-state index contributed by atoms with van der Waals surface area (Å²) < 4.78 is 1.89.